The van der Waals surface area contributed by atoms with Crippen LogP contribution in [0.25, 0.3) is 0 Å². The number of hydrogen-bond acceptors (Lipinski definition) is 4. The van der Waals surface area contributed by atoms with Gasteiger partial charge in [0.1, 0.15) is 5.41 Å². The van der Waals surface area contributed by atoms with E-state index in [1.54, 1.807) is 31.3 Å². The van der Waals surface area contributed by atoms with Gasteiger partial charge in [0.15, 0.2) is 0 Å². The lowest BCUT2D eigenvalue weighted by molar-refractivity contribution is -0.151. The summed E-state index contributed by atoms with van der Waals surface area (Å²) in [5.41, 5.74) is -0.383. The molecule has 0 saturated heterocycles. The molecule has 3 amide bonds. The minimum absolute atomic E-state index is 0.274. The van der Waals surface area contributed by atoms with E-state index < -0.39 is 35.1 Å². The van der Waals surface area contributed by atoms with Crippen molar-refractivity contribution in [2.45, 2.75) is 63.7 Å². The predicted octanol–water partition coefficient (Wildman–Crippen LogP) is 4.83. The van der Waals surface area contributed by atoms with Crippen LogP contribution in [-0.4, -0.2) is 43.2 Å². The van der Waals surface area contributed by atoms with Crippen molar-refractivity contribution in [1.82, 2.24) is 10.6 Å². The molecule has 7 nitrogen and oxygen atoms in total. The van der Waals surface area contributed by atoms with Crippen LogP contribution >= 0.6 is 0 Å². The molecule has 3 aliphatic rings. The Morgan fingerprint density at radius 2 is 1.68 bits per heavy atom. The van der Waals surface area contributed by atoms with Crippen molar-refractivity contribution in [2.24, 2.45) is 16.3 Å². The second-order valence-corrected chi connectivity index (χ2v) is 11.0. The van der Waals surface area contributed by atoms with Gasteiger partial charge in [-0.2, -0.15) is 13.2 Å². The van der Waals surface area contributed by atoms with Crippen LogP contribution in [0.5, 0.6) is 0 Å². The molecule has 0 bridgehead atoms. The molecule has 0 spiro atoms. The van der Waals surface area contributed by atoms with Crippen LogP contribution in [0.15, 0.2) is 53.5 Å². The average Bonchev–Trinajstić information content (AvgIpc) is 3.39. The van der Waals surface area contributed by atoms with Crippen molar-refractivity contribution >= 4 is 29.1 Å². The molecular formula is C30H33F3N4O3. The maximum Gasteiger partial charge on any atom is 0.416 e. The first-order chi connectivity index (χ1) is 19.1. The Balaban J connectivity index is 1.40. The molecule has 10 heteroatoms. The molecule has 40 heavy (non-hydrogen) atoms. The van der Waals surface area contributed by atoms with Crippen LogP contribution in [0, 0.1) is 11.3 Å². The summed E-state index contributed by atoms with van der Waals surface area (Å²) in [7, 11) is 1.56. The first-order valence-corrected chi connectivity index (χ1v) is 13.8. The fourth-order valence-corrected chi connectivity index (χ4v) is 5.87. The second kappa shape index (κ2) is 11.1. The van der Waals surface area contributed by atoms with Gasteiger partial charge in [-0.1, -0.05) is 62.4 Å². The molecule has 1 aliphatic heterocycles. The van der Waals surface area contributed by atoms with E-state index in [4.69, 9.17) is 0 Å². The molecule has 2 aromatic carbocycles. The standard InChI is InChI=1S/C30H33F3N4O3/c1-37-23-10-5-4-9-22(23)24(20-11-13-21(14-12-20)30(31,32)33)35-25(26(37)38)36-28(40)29(16-6-17-29)27(39)34-18-15-19-7-2-3-8-19/h4-5,9-14,19,25H,2-3,6-8,15-18H2,1H3,(H,34,39)(H,36,40)/t25-/m1/s1. The Morgan fingerprint density at radius 3 is 2.30 bits per heavy atom. The van der Waals surface area contributed by atoms with E-state index in [1.807, 2.05) is 0 Å². The summed E-state index contributed by atoms with van der Waals surface area (Å²) in [6.07, 6.45) is 1.26. The highest BCUT2D eigenvalue weighted by Gasteiger charge is 2.51. The molecule has 212 valence electrons. The van der Waals surface area contributed by atoms with Gasteiger partial charge < -0.3 is 15.5 Å². The summed E-state index contributed by atoms with van der Waals surface area (Å²) < 4.78 is 39.6. The summed E-state index contributed by atoms with van der Waals surface area (Å²) in [6, 6.07) is 11.5. The molecule has 2 aromatic rings. The van der Waals surface area contributed by atoms with Crippen LogP contribution in [0.4, 0.5) is 18.9 Å². The van der Waals surface area contributed by atoms with E-state index in [-0.39, 0.29) is 11.6 Å². The lowest BCUT2D eigenvalue weighted by Gasteiger charge is -2.39. The number of fused-ring (bicyclic) bond motifs is 1. The zero-order valence-corrected chi connectivity index (χ0v) is 22.4. The van der Waals surface area contributed by atoms with Crippen molar-refractivity contribution in [3.8, 4) is 0 Å². The number of halogens is 3. The molecule has 2 saturated carbocycles. The molecule has 0 aromatic heterocycles. The highest BCUT2D eigenvalue weighted by atomic mass is 19.4. The normalized spacial score (nSPS) is 20.7. The Bertz CT molecular complexity index is 1310. The number of alkyl halides is 3. The largest absolute Gasteiger partial charge is 0.416 e. The van der Waals surface area contributed by atoms with Gasteiger partial charge >= 0.3 is 6.18 Å². The Kier molecular flexibility index (Phi) is 7.70. The Morgan fingerprint density at radius 1 is 1.00 bits per heavy atom. The van der Waals surface area contributed by atoms with E-state index in [1.165, 1.54) is 42.7 Å². The van der Waals surface area contributed by atoms with Crippen molar-refractivity contribution in [2.75, 3.05) is 18.5 Å². The van der Waals surface area contributed by atoms with Gasteiger partial charge in [0.2, 0.25) is 18.0 Å². The lowest BCUT2D eigenvalue weighted by Crippen LogP contribution is -2.58. The van der Waals surface area contributed by atoms with E-state index in [9.17, 15) is 27.6 Å². The van der Waals surface area contributed by atoms with E-state index >= 15 is 0 Å². The van der Waals surface area contributed by atoms with Crippen LogP contribution in [-0.2, 0) is 20.6 Å². The maximum atomic E-state index is 13.6. The van der Waals surface area contributed by atoms with Crippen molar-refractivity contribution in [1.29, 1.82) is 0 Å². The van der Waals surface area contributed by atoms with Gasteiger partial charge in [-0.15, -0.1) is 0 Å². The zero-order valence-electron chi connectivity index (χ0n) is 22.4. The number of anilines is 1. The number of nitrogens with zero attached hydrogens (tertiary/aromatic N) is 2. The van der Waals surface area contributed by atoms with Gasteiger partial charge in [0.05, 0.1) is 17.0 Å². The van der Waals surface area contributed by atoms with Gasteiger partial charge in [-0.3, -0.25) is 14.4 Å². The highest BCUT2D eigenvalue weighted by Crippen LogP contribution is 2.42. The second-order valence-electron chi connectivity index (χ2n) is 11.0. The number of hydrogen-bond donors (Lipinski definition) is 2. The molecule has 0 unspecified atom stereocenters. The molecule has 2 N–H and O–H groups in total. The zero-order chi connectivity index (χ0) is 28.5. The smallest absolute Gasteiger partial charge is 0.355 e. The Labute approximate surface area is 231 Å². The first-order valence-electron chi connectivity index (χ1n) is 13.8. The van der Waals surface area contributed by atoms with Crippen LogP contribution < -0.4 is 15.5 Å². The van der Waals surface area contributed by atoms with Crippen LogP contribution in [0.3, 0.4) is 0 Å². The SMILES string of the molecule is CN1C(=O)[C@@H](NC(=O)C2(C(=O)NCCC3CCCC3)CCC2)N=C(c2ccc(C(F)(F)F)cc2)c2ccccc21. The number of benzodiazepines with no additional fused rings is 1. The average molecular weight is 555 g/mol. The van der Waals surface area contributed by atoms with Gasteiger partial charge in [-0.05, 0) is 43.4 Å². The minimum Gasteiger partial charge on any atom is -0.355 e. The number of carbonyl (C=O) groups is 3. The molecule has 0 radical (unpaired) electrons. The molecular weight excluding hydrogens is 521 g/mol. The number of likely N-dealkylation sites (N-methyl/N-ethyl adjacent to an activating group) is 1. The fraction of sp³-hybridized carbons (Fsp3) is 0.467. The van der Waals surface area contributed by atoms with E-state index in [0.29, 0.717) is 48.5 Å². The van der Waals surface area contributed by atoms with Crippen molar-refractivity contribution in [3.05, 3.63) is 65.2 Å². The third-order valence-electron chi connectivity index (χ3n) is 8.49. The number of benzene rings is 2. The number of rotatable bonds is 7. The topological polar surface area (TPSA) is 90.9 Å². The Hall–Kier alpha value is -3.69. The summed E-state index contributed by atoms with van der Waals surface area (Å²) in [4.78, 5) is 46.2. The van der Waals surface area contributed by atoms with Crippen molar-refractivity contribution < 1.29 is 27.6 Å². The fourth-order valence-electron chi connectivity index (χ4n) is 5.87. The molecule has 5 rings (SSSR count). The van der Waals surface area contributed by atoms with Crippen molar-refractivity contribution in [3.63, 3.8) is 0 Å². The summed E-state index contributed by atoms with van der Waals surface area (Å²) in [6.45, 7) is 0.509. The molecule has 2 fully saturated rings. The molecule has 1 atom stereocenters. The quantitative estimate of drug-likeness (QED) is 0.481. The summed E-state index contributed by atoms with van der Waals surface area (Å²) in [5, 5.41) is 5.65. The van der Waals surface area contributed by atoms with E-state index in [0.717, 1.165) is 18.6 Å². The molecule has 2 aliphatic carbocycles. The van der Waals surface area contributed by atoms with Gasteiger partial charge in [0.25, 0.3) is 5.91 Å². The van der Waals surface area contributed by atoms with Gasteiger partial charge in [0, 0.05) is 24.7 Å². The third kappa shape index (κ3) is 5.36. The monoisotopic (exact) mass is 554 g/mol. The number of carbonyl (C=O) groups excluding carboxylic acids is 3. The maximum absolute atomic E-state index is 13.6. The predicted molar refractivity (Wildman–Crippen MR) is 145 cm³/mol. The lowest BCUT2D eigenvalue weighted by atomic mass is 9.67. The third-order valence-corrected chi connectivity index (χ3v) is 8.49. The molecule has 1 heterocycles. The highest BCUT2D eigenvalue weighted by molar-refractivity contribution is 6.20. The number of amides is 3. The number of para-hydroxylation sites is 1. The number of nitrogens with one attached hydrogen (secondary N) is 2. The van der Waals surface area contributed by atoms with Crippen LogP contribution in [0.2, 0.25) is 0 Å². The summed E-state index contributed by atoms with van der Waals surface area (Å²) >= 11 is 0. The van der Waals surface area contributed by atoms with Gasteiger partial charge in [-0.25, -0.2) is 4.99 Å². The van der Waals surface area contributed by atoms with E-state index in [2.05, 4.69) is 15.6 Å². The number of aliphatic imine (C=N–C) groups is 1. The first kappa shape index (κ1) is 27.9. The van der Waals surface area contributed by atoms with Crippen LogP contribution in [0.1, 0.15) is 68.1 Å². The minimum atomic E-state index is -4.50. The summed E-state index contributed by atoms with van der Waals surface area (Å²) in [5.74, 6) is -0.812.